The van der Waals surface area contributed by atoms with Crippen molar-refractivity contribution in [3.8, 4) is 0 Å². The van der Waals surface area contributed by atoms with E-state index in [9.17, 15) is 14.4 Å². The molecule has 25 heavy (non-hydrogen) atoms. The topological polar surface area (TPSA) is 99.3 Å². The van der Waals surface area contributed by atoms with Crippen molar-refractivity contribution in [3.63, 3.8) is 0 Å². The number of fused-ring (bicyclic) bond motifs is 1. The Hall–Kier alpha value is -3.41. The molecule has 0 bridgehead atoms. The zero-order chi connectivity index (χ0) is 17.8. The van der Waals surface area contributed by atoms with Gasteiger partial charge in [0.1, 0.15) is 12.1 Å². The zero-order valence-electron chi connectivity index (χ0n) is 13.3. The molecule has 0 aliphatic carbocycles. The summed E-state index contributed by atoms with van der Waals surface area (Å²) in [6.07, 6.45) is 1.98. The molecule has 0 fully saturated rings. The number of amides is 1. The first-order valence-corrected chi connectivity index (χ1v) is 7.73. The molecule has 3 aromatic rings. The second-order valence-corrected chi connectivity index (χ2v) is 5.65. The lowest BCUT2D eigenvalue weighted by molar-refractivity contribution is -0.135. The van der Waals surface area contributed by atoms with E-state index in [2.05, 4.69) is 10.3 Å². The molecule has 0 saturated heterocycles. The van der Waals surface area contributed by atoms with Crippen LogP contribution in [0.15, 0.2) is 59.5 Å². The molecule has 0 saturated carbocycles. The number of hydrogen-bond acceptors (Lipinski definition) is 3. The number of carbonyl (C=O) groups is 2. The number of benzene rings is 2. The number of pyridine rings is 1. The summed E-state index contributed by atoms with van der Waals surface area (Å²) in [5.41, 5.74) is 2.16. The Morgan fingerprint density at radius 3 is 2.52 bits per heavy atom. The third-order valence-corrected chi connectivity index (χ3v) is 3.84. The minimum absolute atomic E-state index is 0.106. The number of aromatic nitrogens is 1. The van der Waals surface area contributed by atoms with Crippen LogP contribution in [0.4, 0.5) is 0 Å². The number of nitrogens with one attached hydrogen (secondary N) is 2. The van der Waals surface area contributed by atoms with Crippen molar-refractivity contribution < 1.29 is 14.7 Å². The maximum absolute atomic E-state index is 12.6. The standard InChI is InChI=1S/C19H16N2O4/c22-17(23)11-21-19(25)15-10-20-16-7-6-13(9-14(16)18(15)24)8-12-4-2-1-3-5-12/h1-7,9-10H,8,11H2,(H,20,24)(H,21,25)(H,22,23). The van der Waals surface area contributed by atoms with Crippen LogP contribution >= 0.6 is 0 Å². The molecule has 6 nitrogen and oxygen atoms in total. The van der Waals surface area contributed by atoms with Crippen molar-refractivity contribution in [2.24, 2.45) is 0 Å². The smallest absolute Gasteiger partial charge is 0.322 e. The molecule has 0 aliphatic rings. The Morgan fingerprint density at radius 1 is 1.04 bits per heavy atom. The van der Waals surface area contributed by atoms with Crippen LogP contribution in [0.1, 0.15) is 21.5 Å². The van der Waals surface area contributed by atoms with Crippen molar-refractivity contribution in [2.45, 2.75) is 6.42 Å². The fourth-order valence-electron chi connectivity index (χ4n) is 2.63. The van der Waals surface area contributed by atoms with E-state index >= 15 is 0 Å². The van der Waals surface area contributed by atoms with Crippen LogP contribution in [0.2, 0.25) is 0 Å². The number of carbonyl (C=O) groups excluding carboxylic acids is 1. The second-order valence-electron chi connectivity index (χ2n) is 5.65. The van der Waals surface area contributed by atoms with Gasteiger partial charge in [-0.15, -0.1) is 0 Å². The summed E-state index contributed by atoms with van der Waals surface area (Å²) in [4.78, 5) is 38.0. The van der Waals surface area contributed by atoms with E-state index in [0.717, 1.165) is 11.1 Å². The van der Waals surface area contributed by atoms with Crippen LogP contribution in [0, 0.1) is 0 Å². The maximum Gasteiger partial charge on any atom is 0.322 e. The highest BCUT2D eigenvalue weighted by Crippen LogP contribution is 2.15. The van der Waals surface area contributed by atoms with Crippen LogP contribution in [-0.2, 0) is 11.2 Å². The number of carboxylic acids is 1. The molecule has 1 amide bonds. The van der Waals surface area contributed by atoms with E-state index in [0.29, 0.717) is 17.3 Å². The number of H-pyrrole nitrogens is 1. The first kappa shape index (κ1) is 16.4. The summed E-state index contributed by atoms with van der Waals surface area (Å²) in [5, 5.41) is 11.2. The van der Waals surface area contributed by atoms with E-state index in [4.69, 9.17) is 5.11 Å². The number of aliphatic carboxylic acids is 1. The van der Waals surface area contributed by atoms with Gasteiger partial charge in [-0.1, -0.05) is 36.4 Å². The lowest BCUT2D eigenvalue weighted by atomic mass is 10.0. The van der Waals surface area contributed by atoms with Gasteiger partial charge in [-0.2, -0.15) is 0 Å². The molecular weight excluding hydrogens is 320 g/mol. The summed E-state index contributed by atoms with van der Waals surface area (Å²) in [6, 6.07) is 15.3. The predicted octanol–water partition coefficient (Wildman–Crippen LogP) is 1.93. The van der Waals surface area contributed by atoms with E-state index in [1.54, 1.807) is 12.1 Å². The maximum atomic E-state index is 12.6. The summed E-state index contributed by atoms with van der Waals surface area (Å²) in [5.74, 6) is -1.88. The molecule has 3 rings (SSSR count). The fraction of sp³-hybridized carbons (Fsp3) is 0.105. The lowest BCUT2D eigenvalue weighted by Gasteiger charge is -2.06. The molecule has 3 N–H and O–H groups in total. The van der Waals surface area contributed by atoms with Gasteiger partial charge in [0.25, 0.3) is 5.91 Å². The first-order chi connectivity index (χ1) is 12.0. The van der Waals surface area contributed by atoms with Gasteiger partial charge >= 0.3 is 5.97 Å². The van der Waals surface area contributed by atoms with Crippen molar-refractivity contribution in [3.05, 3.63) is 81.6 Å². The second kappa shape index (κ2) is 7.00. The van der Waals surface area contributed by atoms with Crippen molar-refractivity contribution >= 4 is 22.8 Å². The Bertz CT molecular complexity index is 993. The summed E-state index contributed by atoms with van der Waals surface area (Å²) >= 11 is 0. The largest absolute Gasteiger partial charge is 0.480 e. The minimum atomic E-state index is -1.17. The van der Waals surface area contributed by atoms with Crippen molar-refractivity contribution in [1.82, 2.24) is 10.3 Å². The molecule has 1 heterocycles. The normalized spacial score (nSPS) is 10.6. The Kier molecular flexibility index (Phi) is 4.61. The minimum Gasteiger partial charge on any atom is -0.480 e. The van der Waals surface area contributed by atoms with Crippen LogP contribution in [0.3, 0.4) is 0 Å². The fourth-order valence-corrected chi connectivity index (χ4v) is 2.63. The number of rotatable bonds is 5. The van der Waals surface area contributed by atoms with Crippen molar-refractivity contribution in [1.29, 1.82) is 0 Å². The Balaban J connectivity index is 1.95. The molecular formula is C19H16N2O4. The quantitative estimate of drug-likeness (QED) is 0.663. The highest BCUT2D eigenvalue weighted by molar-refractivity contribution is 5.98. The average molecular weight is 336 g/mol. The van der Waals surface area contributed by atoms with Gasteiger partial charge in [0.15, 0.2) is 0 Å². The average Bonchev–Trinajstić information content (AvgIpc) is 2.61. The highest BCUT2D eigenvalue weighted by atomic mass is 16.4. The molecule has 0 unspecified atom stereocenters. The zero-order valence-corrected chi connectivity index (χ0v) is 13.3. The monoisotopic (exact) mass is 336 g/mol. The highest BCUT2D eigenvalue weighted by Gasteiger charge is 2.14. The predicted molar refractivity (Wildman–Crippen MR) is 93.8 cm³/mol. The molecule has 2 aromatic carbocycles. The number of carboxylic acid groups (broad SMARTS) is 1. The molecule has 0 aliphatic heterocycles. The molecule has 0 atom stereocenters. The van der Waals surface area contributed by atoms with Crippen LogP contribution in [-0.4, -0.2) is 28.5 Å². The van der Waals surface area contributed by atoms with E-state index in [-0.39, 0.29) is 5.56 Å². The van der Waals surface area contributed by atoms with E-state index < -0.39 is 23.9 Å². The van der Waals surface area contributed by atoms with Crippen molar-refractivity contribution in [2.75, 3.05) is 6.54 Å². The summed E-state index contributed by atoms with van der Waals surface area (Å²) in [7, 11) is 0. The van der Waals surface area contributed by atoms with Crippen LogP contribution in [0.5, 0.6) is 0 Å². The SMILES string of the molecule is O=C(O)CNC(=O)c1c[nH]c2ccc(Cc3ccccc3)cc2c1=O. The number of hydrogen-bond donors (Lipinski definition) is 3. The van der Waals surface area contributed by atoms with Gasteiger partial charge in [0, 0.05) is 17.1 Å². The molecule has 6 heteroatoms. The van der Waals surface area contributed by atoms with Gasteiger partial charge < -0.3 is 15.4 Å². The third kappa shape index (κ3) is 3.74. The van der Waals surface area contributed by atoms with E-state index in [1.165, 1.54) is 6.20 Å². The first-order valence-electron chi connectivity index (χ1n) is 7.73. The van der Waals surface area contributed by atoms with E-state index in [1.807, 2.05) is 36.4 Å². The summed E-state index contributed by atoms with van der Waals surface area (Å²) < 4.78 is 0. The van der Waals surface area contributed by atoms with Gasteiger partial charge in [-0.05, 0) is 29.7 Å². The van der Waals surface area contributed by atoms with Gasteiger partial charge in [0.2, 0.25) is 5.43 Å². The van der Waals surface area contributed by atoms with Gasteiger partial charge in [0.05, 0.1) is 0 Å². The molecule has 1 aromatic heterocycles. The Morgan fingerprint density at radius 2 is 1.80 bits per heavy atom. The van der Waals surface area contributed by atoms with Crippen LogP contribution < -0.4 is 10.7 Å². The molecule has 126 valence electrons. The Labute approximate surface area is 143 Å². The van der Waals surface area contributed by atoms with Gasteiger partial charge in [-0.3, -0.25) is 14.4 Å². The summed E-state index contributed by atoms with van der Waals surface area (Å²) in [6.45, 7) is -0.537. The van der Waals surface area contributed by atoms with Gasteiger partial charge in [-0.25, -0.2) is 0 Å². The van der Waals surface area contributed by atoms with Crippen LogP contribution in [0.25, 0.3) is 10.9 Å². The third-order valence-electron chi connectivity index (χ3n) is 3.84. The lowest BCUT2D eigenvalue weighted by Crippen LogP contribution is -2.32. The molecule has 0 spiro atoms. The molecule has 0 radical (unpaired) electrons. The number of aromatic amines is 1.